The molecule has 0 aliphatic carbocycles. The third kappa shape index (κ3) is 3.59. The molecule has 2 rings (SSSR count). The van der Waals surface area contributed by atoms with Crippen LogP contribution in [-0.2, 0) is 10.9 Å². The Balaban J connectivity index is 2.27. The van der Waals surface area contributed by atoms with Crippen LogP contribution in [0.15, 0.2) is 24.3 Å². The Morgan fingerprint density at radius 2 is 1.71 bits per heavy atom. The summed E-state index contributed by atoms with van der Waals surface area (Å²) in [7, 11) is 1.23. The number of carbonyl (C=O) groups is 2. The summed E-state index contributed by atoms with van der Waals surface area (Å²) in [4.78, 5) is 24.9. The number of hydrogen-bond donors (Lipinski definition) is 1. The highest BCUT2D eigenvalue weighted by Crippen LogP contribution is 2.33. The summed E-state index contributed by atoms with van der Waals surface area (Å²) in [6, 6.07) is 3.84. The lowest BCUT2D eigenvalue weighted by Crippen LogP contribution is -2.14. The van der Waals surface area contributed by atoms with Crippen LogP contribution in [0.4, 0.5) is 18.2 Å². The monoisotopic (exact) mass is 357 g/mol. The number of alkyl halides is 3. The molecule has 24 heavy (non-hydrogen) atoms. The van der Waals surface area contributed by atoms with E-state index in [1.54, 1.807) is 13.8 Å². The van der Waals surface area contributed by atoms with Crippen LogP contribution in [0.25, 0.3) is 0 Å². The molecule has 0 atom stereocenters. The molecule has 4 nitrogen and oxygen atoms in total. The number of anilines is 1. The average Bonchev–Trinajstić information content (AvgIpc) is 2.80. The lowest BCUT2D eigenvalue weighted by Gasteiger charge is -2.08. The molecule has 8 heteroatoms. The molecule has 0 saturated heterocycles. The van der Waals surface area contributed by atoms with Gasteiger partial charge in [-0.3, -0.25) is 4.79 Å². The summed E-state index contributed by atoms with van der Waals surface area (Å²) in [6.45, 7) is 3.52. The Kier molecular flexibility index (Phi) is 4.98. The van der Waals surface area contributed by atoms with E-state index < -0.39 is 23.6 Å². The van der Waals surface area contributed by atoms with Crippen LogP contribution in [0, 0.1) is 13.8 Å². The number of thiophene rings is 1. The van der Waals surface area contributed by atoms with E-state index in [1.807, 2.05) is 0 Å². The fourth-order valence-electron chi connectivity index (χ4n) is 2.05. The van der Waals surface area contributed by atoms with E-state index in [9.17, 15) is 22.8 Å². The highest BCUT2D eigenvalue weighted by atomic mass is 32.1. The summed E-state index contributed by atoms with van der Waals surface area (Å²) >= 11 is 1.20. The third-order valence-corrected chi connectivity index (χ3v) is 4.60. The summed E-state index contributed by atoms with van der Waals surface area (Å²) in [5.74, 6) is -1.19. The quantitative estimate of drug-likeness (QED) is 0.827. The minimum absolute atomic E-state index is 0.0579. The van der Waals surface area contributed by atoms with Crippen molar-refractivity contribution in [2.24, 2.45) is 0 Å². The Morgan fingerprint density at radius 3 is 2.21 bits per heavy atom. The molecule has 0 spiro atoms. The van der Waals surface area contributed by atoms with E-state index in [4.69, 9.17) is 4.74 Å². The van der Waals surface area contributed by atoms with E-state index in [1.165, 1.54) is 18.4 Å². The van der Waals surface area contributed by atoms with Gasteiger partial charge in [-0.1, -0.05) is 0 Å². The maximum absolute atomic E-state index is 12.5. The number of rotatable bonds is 3. The molecule has 1 amide bonds. The van der Waals surface area contributed by atoms with Crippen molar-refractivity contribution in [1.82, 2.24) is 0 Å². The summed E-state index contributed by atoms with van der Waals surface area (Å²) in [5, 5.41) is 2.87. The van der Waals surface area contributed by atoms with Crippen molar-refractivity contribution < 1.29 is 27.5 Å². The smallest absolute Gasteiger partial charge is 0.416 e. The molecule has 0 radical (unpaired) electrons. The Hall–Kier alpha value is -2.35. The Labute approximate surface area is 140 Å². The summed E-state index contributed by atoms with van der Waals surface area (Å²) in [6.07, 6.45) is -4.46. The minimum Gasteiger partial charge on any atom is -0.465 e. The van der Waals surface area contributed by atoms with E-state index >= 15 is 0 Å². The second-order valence-electron chi connectivity index (χ2n) is 5.01. The number of ether oxygens (including phenoxy) is 1. The molecule has 0 bridgehead atoms. The lowest BCUT2D eigenvalue weighted by atomic mass is 10.1. The molecular formula is C16H14F3NO3S. The molecule has 1 aromatic carbocycles. The van der Waals surface area contributed by atoms with Crippen molar-refractivity contribution in [2.75, 3.05) is 12.4 Å². The van der Waals surface area contributed by atoms with Gasteiger partial charge in [-0.05, 0) is 43.7 Å². The lowest BCUT2D eigenvalue weighted by molar-refractivity contribution is -0.137. The topological polar surface area (TPSA) is 55.4 Å². The van der Waals surface area contributed by atoms with Gasteiger partial charge in [0.05, 0.1) is 18.2 Å². The van der Waals surface area contributed by atoms with Gasteiger partial charge in [0.15, 0.2) is 0 Å². The molecule has 0 aliphatic heterocycles. The fraction of sp³-hybridized carbons (Fsp3) is 0.250. The van der Waals surface area contributed by atoms with Crippen LogP contribution in [0.5, 0.6) is 0 Å². The highest BCUT2D eigenvalue weighted by Gasteiger charge is 2.30. The predicted octanol–water partition coefficient (Wildman–Crippen LogP) is 4.42. The predicted molar refractivity (Wildman–Crippen MR) is 84.5 cm³/mol. The highest BCUT2D eigenvalue weighted by molar-refractivity contribution is 7.16. The summed E-state index contributed by atoms with van der Waals surface area (Å²) in [5.41, 5.74) is 0.162. The first-order valence-electron chi connectivity index (χ1n) is 6.82. The first kappa shape index (κ1) is 18.0. The van der Waals surface area contributed by atoms with Crippen LogP contribution >= 0.6 is 11.3 Å². The molecular weight excluding hydrogens is 343 g/mol. The number of benzene rings is 1. The molecule has 0 fully saturated rings. The number of hydrogen-bond acceptors (Lipinski definition) is 4. The van der Waals surface area contributed by atoms with Crippen molar-refractivity contribution in [2.45, 2.75) is 20.0 Å². The van der Waals surface area contributed by atoms with E-state index in [0.29, 0.717) is 10.6 Å². The molecule has 2 aromatic rings. The Morgan fingerprint density at radius 1 is 1.12 bits per heavy atom. The first-order chi connectivity index (χ1) is 11.1. The van der Waals surface area contributed by atoms with Crippen molar-refractivity contribution >= 4 is 28.2 Å². The number of nitrogens with one attached hydrogen (secondary N) is 1. The van der Waals surface area contributed by atoms with Gasteiger partial charge in [-0.15, -0.1) is 11.3 Å². The van der Waals surface area contributed by atoms with Gasteiger partial charge in [0, 0.05) is 10.4 Å². The second-order valence-corrected chi connectivity index (χ2v) is 6.23. The summed E-state index contributed by atoms with van der Waals surface area (Å²) < 4.78 is 42.3. The zero-order chi connectivity index (χ0) is 18.1. The SMILES string of the molecule is COC(=O)c1c(NC(=O)c2ccc(C(F)(F)F)cc2)sc(C)c1C. The molecule has 0 aliphatic rings. The maximum Gasteiger partial charge on any atom is 0.416 e. The van der Waals surface area contributed by atoms with E-state index in [0.717, 1.165) is 29.1 Å². The van der Waals surface area contributed by atoms with Crippen molar-refractivity contribution in [3.05, 3.63) is 51.4 Å². The largest absolute Gasteiger partial charge is 0.465 e. The number of aryl methyl sites for hydroxylation is 1. The number of halogens is 3. The molecule has 0 unspecified atom stereocenters. The van der Waals surface area contributed by atoms with Crippen molar-refractivity contribution in [3.63, 3.8) is 0 Å². The third-order valence-electron chi connectivity index (χ3n) is 3.48. The van der Waals surface area contributed by atoms with E-state index in [2.05, 4.69) is 5.32 Å². The maximum atomic E-state index is 12.5. The zero-order valence-corrected chi connectivity index (χ0v) is 13.9. The van der Waals surface area contributed by atoms with E-state index in [-0.39, 0.29) is 11.1 Å². The molecule has 1 aromatic heterocycles. The van der Waals surface area contributed by atoms with Gasteiger partial charge < -0.3 is 10.1 Å². The number of methoxy groups -OCH3 is 1. The zero-order valence-electron chi connectivity index (χ0n) is 13.1. The molecule has 1 heterocycles. The van der Waals surface area contributed by atoms with Crippen LogP contribution < -0.4 is 5.32 Å². The number of amides is 1. The van der Waals surface area contributed by atoms with Gasteiger partial charge in [-0.2, -0.15) is 13.2 Å². The van der Waals surface area contributed by atoms with Gasteiger partial charge in [0.1, 0.15) is 5.00 Å². The normalized spacial score (nSPS) is 11.2. The van der Waals surface area contributed by atoms with Crippen LogP contribution in [-0.4, -0.2) is 19.0 Å². The molecule has 1 N–H and O–H groups in total. The van der Waals surface area contributed by atoms with Crippen molar-refractivity contribution in [3.8, 4) is 0 Å². The standard InChI is InChI=1S/C16H14F3NO3S/c1-8-9(2)24-14(12(8)15(22)23-3)20-13(21)10-4-6-11(7-5-10)16(17,18)19/h4-7H,1-3H3,(H,20,21). The van der Waals surface area contributed by atoms with Gasteiger partial charge in [0.2, 0.25) is 0 Å². The molecule has 128 valence electrons. The fourth-order valence-corrected chi connectivity index (χ4v) is 3.09. The van der Waals surface area contributed by atoms with Crippen LogP contribution in [0.1, 0.15) is 36.7 Å². The Bertz CT molecular complexity index is 779. The van der Waals surface area contributed by atoms with Crippen LogP contribution in [0.2, 0.25) is 0 Å². The van der Waals surface area contributed by atoms with Gasteiger partial charge in [-0.25, -0.2) is 4.79 Å². The minimum atomic E-state index is -4.46. The van der Waals surface area contributed by atoms with Gasteiger partial charge in [0.25, 0.3) is 5.91 Å². The number of carbonyl (C=O) groups excluding carboxylic acids is 2. The van der Waals surface area contributed by atoms with Gasteiger partial charge >= 0.3 is 12.1 Å². The number of esters is 1. The first-order valence-corrected chi connectivity index (χ1v) is 7.63. The second kappa shape index (κ2) is 6.64. The molecule has 0 saturated carbocycles. The average molecular weight is 357 g/mol. The van der Waals surface area contributed by atoms with Crippen LogP contribution in [0.3, 0.4) is 0 Å². The van der Waals surface area contributed by atoms with Crippen molar-refractivity contribution in [1.29, 1.82) is 0 Å².